The van der Waals surface area contributed by atoms with E-state index in [1.165, 1.54) is 38.5 Å². The maximum absolute atomic E-state index is 12.2. The van der Waals surface area contributed by atoms with E-state index in [9.17, 15) is 4.79 Å². The van der Waals surface area contributed by atoms with Gasteiger partial charge in [0.25, 0.3) is 0 Å². The molecule has 0 atom stereocenters. The second kappa shape index (κ2) is 7.54. The second-order valence-corrected chi connectivity index (χ2v) is 7.49. The molecule has 5 nitrogen and oxygen atoms in total. The van der Waals surface area contributed by atoms with Crippen LogP contribution < -0.4 is 5.32 Å². The van der Waals surface area contributed by atoms with Crippen LogP contribution in [0, 0.1) is 5.41 Å². The molecule has 0 bridgehead atoms. The van der Waals surface area contributed by atoms with Crippen molar-refractivity contribution >= 4 is 11.9 Å². The fourth-order valence-electron chi connectivity index (χ4n) is 4.46. The molecule has 1 aliphatic carbocycles. The lowest BCUT2D eigenvalue weighted by Gasteiger charge is -2.33. The minimum absolute atomic E-state index is 0.185. The Bertz CT molecular complexity index is 436. The maximum atomic E-state index is 12.2. The van der Waals surface area contributed by atoms with Crippen molar-refractivity contribution in [2.45, 2.75) is 58.3 Å². The first-order valence-electron chi connectivity index (χ1n) is 9.53. The molecule has 1 spiro atoms. The Morgan fingerprint density at radius 2 is 1.74 bits per heavy atom. The molecule has 5 heteroatoms. The highest BCUT2D eigenvalue weighted by molar-refractivity contribution is 5.85. The van der Waals surface area contributed by atoms with Gasteiger partial charge in [-0.15, -0.1) is 0 Å². The highest BCUT2D eigenvalue weighted by Crippen LogP contribution is 2.43. The molecule has 1 amide bonds. The number of carbonyl (C=O) groups excluding carboxylic acids is 1. The van der Waals surface area contributed by atoms with Crippen LogP contribution in [0.3, 0.4) is 0 Å². The van der Waals surface area contributed by atoms with Crippen molar-refractivity contribution in [1.29, 1.82) is 0 Å². The Morgan fingerprint density at radius 1 is 1.00 bits per heavy atom. The van der Waals surface area contributed by atoms with E-state index in [4.69, 9.17) is 0 Å². The molecule has 2 saturated heterocycles. The van der Waals surface area contributed by atoms with Crippen molar-refractivity contribution in [1.82, 2.24) is 15.1 Å². The maximum Gasteiger partial charge on any atom is 0.244 e. The van der Waals surface area contributed by atoms with Crippen LogP contribution >= 0.6 is 0 Å². The monoisotopic (exact) mass is 320 g/mol. The number of amides is 1. The summed E-state index contributed by atoms with van der Waals surface area (Å²) in [4.78, 5) is 21.2. The molecule has 1 N–H and O–H groups in total. The lowest BCUT2D eigenvalue weighted by Crippen LogP contribution is -2.42. The molecule has 0 aromatic rings. The summed E-state index contributed by atoms with van der Waals surface area (Å²) in [6.07, 6.45) is 10.5. The summed E-state index contributed by atoms with van der Waals surface area (Å²) < 4.78 is 0. The Balaban J connectivity index is 1.59. The molecule has 3 aliphatic rings. The Kier molecular flexibility index (Phi) is 5.44. The molecule has 3 fully saturated rings. The number of nitrogens with one attached hydrogen (secondary N) is 1. The first kappa shape index (κ1) is 16.6. The largest absolute Gasteiger partial charge is 0.357 e. The van der Waals surface area contributed by atoms with Crippen molar-refractivity contribution in [2.75, 3.05) is 39.3 Å². The molecule has 2 heterocycles. The van der Waals surface area contributed by atoms with Crippen molar-refractivity contribution < 1.29 is 4.79 Å². The summed E-state index contributed by atoms with van der Waals surface area (Å²) >= 11 is 0. The van der Waals surface area contributed by atoms with Gasteiger partial charge in [0.05, 0.1) is 0 Å². The summed E-state index contributed by atoms with van der Waals surface area (Å²) in [5, 5.41) is 3.40. The van der Waals surface area contributed by atoms with Crippen molar-refractivity contribution in [3.05, 3.63) is 0 Å². The van der Waals surface area contributed by atoms with E-state index in [1.807, 2.05) is 4.90 Å². The SMILES string of the molecule is CCNC(=NCC(=O)N1CCCC1)N1CCC2(CCCCC2)C1. The predicted molar refractivity (Wildman–Crippen MR) is 93.5 cm³/mol. The summed E-state index contributed by atoms with van der Waals surface area (Å²) in [6, 6.07) is 0. The lowest BCUT2D eigenvalue weighted by atomic mass is 9.73. The number of hydrogen-bond acceptors (Lipinski definition) is 2. The quantitative estimate of drug-likeness (QED) is 0.641. The number of guanidine groups is 1. The molecule has 3 rings (SSSR count). The fraction of sp³-hybridized carbons (Fsp3) is 0.889. The van der Waals surface area contributed by atoms with Gasteiger partial charge in [-0.2, -0.15) is 0 Å². The number of carbonyl (C=O) groups is 1. The van der Waals surface area contributed by atoms with Crippen LogP contribution in [-0.2, 0) is 4.79 Å². The Labute approximate surface area is 140 Å². The van der Waals surface area contributed by atoms with Gasteiger partial charge in [0.2, 0.25) is 5.91 Å². The summed E-state index contributed by atoms with van der Waals surface area (Å²) in [5.41, 5.74) is 0.521. The molecule has 0 unspecified atom stereocenters. The Hall–Kier alpha value is -1.26. The summed E-state index contributed by atoms with van der Waals surface area (Å²) in [6.45, 7) is 7.30. The normalized spacial score (nSPS) is 24.5. The number of rotatable bonds is 3. The third-order valence-electron chi connectivity index (χ3n) is 5.81. The third-order valence-corrected chi connectivity index (χ3v) is 5.81. The first-order valence-corrected chi connectivity index (χ1v) is 9.53. The van der Waals surface area contributed by atoms with Crippen LogP contribution in [0.5, 0.6) is 0 Å². The van der Waals surface area contributed by atoms with E-state index in [0.29, 0.717) is 12.0 Å². The average Bonchev–Trinajstić information content (AvgIpc) is 3.23. The zero-order valence-corrected chi connectivity index (χ0v) is 14.6. The Morgan fingerprint density at radius 3 is 2.43 bits per heavy atom. The molecular weight excluding hydrogens is 288 g/mol. The summed E-state index contributed by atoms with van der Waals surface area (Å²) in [7, 11) is 0. The lowest BCUT2D eigenvalue weighted by molar-refractivity contribution is -0.128. The molecule has 130 valence electrons. The zero-order valence-electron chi connectivity index (χ0n) is 14.6. The van der Waals surface area contributed by atoms with Crippen molar-refractivity contribution in [3.63, 3.8) is 0 Å². The van der Waals surface area contributed by atoms with Gasteiger partial charge >= 0.3 is 0 Å². The molecule has 2 aliphatic heterocycles. The molecular formula is C18H32N4O. The highest BCUT2D eigenvalue weighted by Gasteiger charge is 2.39. The molecule has 0 radical (unpaired) electrons. The van der Waals surface area contributed by atoms with Gasteiger partial charge in [0, 0.05) is 32.7 Å². The van der Waals surface area contributed by atoms with Gasteiger partial charge in [-0.25, -0.2) is 4.99 Å². The number of likely N-dealkylation sites (tertiary alicyclic amines) is 2. The smallest absolute Gasteiger partial charge is 0.244 e. The molecule has 1 saturated carbocycles. The second-order valence-electron chi connectivity index (χ2n) is 7.49. The molecule has 23 heavy (non-hydrogen) atoms. The van der Waals surface area contributed by atoms with E-state index in [-0.39, 0.29) is 5.91 Å². The van der Waals surface area contributed by atoms with Crippen LogP contribution in [0.1, 0.15) is 58.3 Å². The minimum atomic E-state index is 0.185. The van der Waals surface area contributed by atoms with E-state index in [0.717, 1.165) is 51.5 Å². The van der Waals surface area contributed by atoms with E-state index < -0.39 is 0 Å². The summed E-state index contributed by atoms with van der Waals surface area (Å²) in [5.74, 6) is 1.13. The van der Waals surface area contributed by atoms with Crippen LogP contribution in [0.25, 0.3) is 0 Å². The van der Waals surface area contributed by atoms with E-state index in [1.54, 1.807) is 0 Å². The minimum Gasteiger partial charge on any atom is -0.357 e. The van der Waals surface area contributed by atoms with E-state index >= 15 is 0 Å². The van der Waals surface area contributed by atoms with Gasteiger partial charge in [-0.1, -0.05) is 19.3 Å². The van der Waals surface area contributed by atoms with Crippen LogP contribution in [0.15, 0.2) is 4.99 Å². The third kappa shape index (κ3) is 3.99. The fourth-order valence-corrected chi connectivity index (χ4v) is 4.46. The predicted octanol–water partition coefficient (Wildman–Crippen LogP) is 2.23. The van der Waals surface area contributed by atoms with Crippen molar-refractivity contribution in [3.8, 4) is 0 Å². The van der Waals surface area contributed by atoms with E-state index in [2.05, 4.69) is 22.1 Å². The standard InChI is InChI=1S/C18H32N4O/c1-2-19-17(20-14-16(23)21-11-6-7-12-21)22-13-10-18(15-22)8-4-3-5-9-18/h2-15H2,1H3,(H,19,20). The highest BCUT2D eigenvalue weighted by atomic mass is 16.2. The average molecular weight is 320 g/mol. The van der Waals surface area contributed by atoms with Crippen LogP contribution in [-0.4, -0.2) is 60.9 Å². The van der Waals surface area contributed by atoms with Crippen LogP contribution in [0.4, 0.5) is 0 Å². The van der Waals surface area contributed by atoms with Crippen molar-refractivity contribution in [2.24, 2.45) is 10.4 Å². The van der Waals surface area contributed by atoms with Gasteiger partial charge < -0.3 is 15.1 Å². The zero-order chi connectivity index (χ0) is 16.1. The van der Waals surface area contributed by atoms with Crippen LogP contribution in [0.2, 0.25) is 0 Å². The number of nitrogens with zero attached hydrogens (tertiary/aromatic N) is 3. The first-order chi connectivity index (χ1) is 11.2. The van der Waals surface area contributed by atoms with Gasteiger partial charge in [0.15, 0.2) is 5.96 Å². The van der Waals surface area contributed by atoms with Gasteiger partial charge in [0.1, 0.15) is 6.54 Å². The number of aliphatic imine (C=N–C) groups is 1. The topological polar surface area (TPSA) is 47.9 Å². The molecule has 0 aromatic heterocycles. The molecule has 0 aromatic carbocycles. The number of hydrogen-bond donors (Lipinski definition) is 1. The van der Waals surface area contributed by atoms with Gasteiger partial charge in [-0.3, -0.25) is 4.79 Å². The van der Waals surface area contributed by atoms with Gasteiger partial charge in [-0.05, 0) is 44.4 Å².